The predicted octanol–water partition coefficient (Wildman–Crippen LogP) is 3.56. The number of halogens is 3. The van der Waals surface area contributed by atoms with E-state index in [-0.39, 0.29) is 11.1 Å². The first kappa shape index (κ1) is 11.9. The molecule has 0 unspecified atom stereocenters. The van der Waals surface area contributed by atoms with Crippen molar-refractivity contribution < 1.29 is 13.2 Å². The van der Waals surface area contributed by atoms with Crippen molar-refractivity contribution in [1.82, 2.24) is 0 Å². The fourth-order valence-corrected chi connectivity index (χ4v) is 1.02. The molecule has 0 bridgehead atoms. The Morgan fingerprint density at radius 2 is 1.67 bits per heavy atom. The second kappa shape index (κ2) is 4.13. The first-order valence-corrected chi connectivity index (χ1v) is 4.68. The molecule has 0 aliphatic carbocycles. The van der Waals surface area contributed by atoms with E-state index < -0.39 is 17.5 Å². The van der Waals surface area contributed by atoms with Crippen LogP contribution >= 0.6 is 0 Å². The molecule has 0 saturated carbocycles. The highest BCUT2D eigenvalue weighted by Gasteiger charge is 2.15. The number of hydrogen-bond donors (Lipinski definition) is 1. The minimum atomic E-state index is -1.44. The summed E-state index contributed by atoms with van der Waals surface area (Å²) in [5, 5.41) is 2.74. The summed E-state index contributed by atoms with van der Waals surface area (Å²) < 4.78 is 38.6. The fourth-order valence-electron chi connectivity index (χ4n) is 1.02. The highest BCUT2D eigenvalue weighted by molar-refractivity contribution is 5.45. The summed E-state index contributed by atoms with van der Waals surface area (Å²) in [7, 11) is 0. The molecule has 1 aromatic carbocycles. The molecular formula is C11H14F3N. The molecule has 15 heavy (non-hydrogen) atoms. The topological polar surface area (TPSA) is 12.0 Å². The lowest BCUT2D eigenvalue weighted by Crippen LogP contribution is -2.19. The van der Waals surface area contributed by atoms with Gasteiger partial charge in [-0.2, -0.15) is 0 Å². The molecule has 0 aliphatic heterocycles. The van der Waals surface area contributed by atoms with Gasteiger partial charge in [0.25, 0.3) is 0 Å². The van der Waals surface area contributed by atoms with Crippen LogP contribution in [0.15, 0.2) is 12.1 Å². The molecule has 0 aliphatic rings. The molecule has 0 atom stereocenters. The highest BCUT2D eigenvalue weighted by Crippen LogP contribution is 2.21. The van der Waals surface area contributed by atoms with Crippen molar-refractivity contribution in [3.8, 4) is 0 Å². The summed E-state index contributed by atoms with van der Waals surface area (Å²) in [6.45, 7) is 6.35. The van der Waals surface area contributed by atoms with Crippen LogP contribution in [0.2, 0.25) is 0 Å². The summed E-state index contributed by atoms with van der Waals surface area (Å²) in [6, 6.07) is 2.10. The van der Waals surface area contributed by atoms with Crippen LogP contribution in [0.25, 0.3) is 0 Å². The smallest absolute Gasteiger partial charge is 0.196 e. The highest BCUT2D eigenvalue weighted by atomic mass is 19.2. The SMILES string of the molecule is CC(C)(C)CNc1ccc(F)c(F)c1F. The third kappa shape index (κ3) is 3.15. The van der Waals surface area contributed by atoms with Gasteiger partial charge in [-0.25, -0.2) is 13.2 Å². The zero-order valence-corrected chi connectivity index (χ0v) is 9.00. The molecule has 1 N–H and O–H groups in total. The number of benzene rings is 1. The number of nitrogens with one attached hydrogen (secondary N) is 1. The van der Waals surface area contributed by atoms with Crippen LogP contribution in [0.4, 0.5) is 18.9 Å². The molecular weight excluding hydrogens is 203 g/mol. The summed E-state index contributed by atoms with van der Waals surface area (Å²) in [5.74, 6) is -3.78. The van der Waals surface area contributed by atoms with E-state index in [9.17, 15) is 13.2 Å². The van der Waals surface area contributed by atoms with E-state index >= 15 is 0 Å². The van der Waals surface area contributed by atoms with E-state index in [1.165, 1.54) is 6.07 Å². The maximum Gasteiger partial charge on any atom is 0.196 e. The summed E-state index contributed by atoms with van der Waals surface area (Å²) in [5.41, 5.74) is -0.0686. The van der Waals surface area contributed by atoms with Crippen LogP contribution in [0, 0.1) is 22.9 Å². The second-order valence-electron chi connectivity index (χ2n) is 4.64. The van der Waals surface area contributed by atoms with E-state index in [0.717, 1.165) is 6.07 Å². The molecule has 1 nitrogen and oxygen atoms in total. The zero-order valence-electron chi connectivity index (χ0n) is 9.00. The fraction of sp³-hybridized carbons (Fsp3) is 0.455. The van der Waals surface area contributed by atoms with Gasteiger partial charge in [-0.3, -0.25) is 0 Å². The lowest BCUT2D eigenvalue weighted by atomic mass is 9.97. The minimum Gasteiger partial charge on any atom is -0.382 e. The normalized spacial score (nSPS) is 11.6. The van der Waals surface area contributed by atoms with E-state index in [0.29, 0.717) is 6.54 Å². The van der Waals surface area contributed by atoms with Crippen molar-refractivity contribution in [2.75, 3.05) is 11.9 Å². The molecule has 0 heterocycles. The minimum absolute atomic E-state index is 0.0103. The van der Waals surface area contributed by atoms with Gasteiger partial charge in [-0.05, 0) is 17.5 Å². The van der Waals surface area contributed by atoms with Gasteiger partial charge in [0.2, 0.25) is 0 Å². The van der Waals surface area contributed by atoms with Gasteiger partial charge < -0.3 is 5.32 Å². The lowest BCUT2D eigenvalue weighted by molar-refractivity contribution is 0.433. The standard InChI is InChI=1S/C11H14F3N/c1-11(2,3)6-15-8-5-4-7(12)9(13)10(8)14/h4-5,15H,6H2,1-3H3. The van der Waals surface area contributed by atoms with Crippen LogP contribution in [0.5, 0.6) is 0 Å². The average Bonchev–Trinajstić information content (AvgIpc) is 2.12. The van der Waals surface area contributed by atoms with E-state index in [4.69, 9.17) is 0 Å². The quantitative estimate of drug-likeness (QED) is 0.747. The van der Waals surface area contributed by atoms with E-state index in [2.05, 4.69) is 5.32 Å². The average molecular weight is 217 g/mol. The van der Waals surface area contributed by atoms with Crippen LogP contribution in [-0.4, -0.2) is 6.54 Å². The van der Waals surface area contributed by atoms with E-state index in [1.807, 2.05) is 20.8 Å². The molecule has 0 fully saturated rings. The lowest BCUT2D eigenvalue weighted by Gasteiger charge is -2.19. The Kier molecular flexibility index (Phi) is 3.27. The second-order valence-corrected chi connectivity index (χ2v) is 4.64. The van der Waals surface area contributed by atoms with Gasteiger partial charge in [0.15, 0.2) is 17.5 Å². The van der Waals surface area contributed by atoms with Crippen LogP contribution in [-0.2, 0) is 0 Å². The number of rotatable bonds is 2. The van der Waals surface area contributed by atoms with Gasteiger partial charge in [-0.15, -0.1) is 0 Å². The third-order valence-electron chi connectivity index (χ3n) is 1.84. The maximum atomic E-state index is 13.2. The van der Waals surface area contributed by atoms with Crippen molar-refractivity contribution in [2.24, 2.45) is 5.41 Å². The van der Waals surface area contributed by atoms with Crippen LogP contribution in [0.1, 0.15) is 20.8 Å². The first-order chi connectivity index (χ1) is 6.81. The van der Waals surface area contributed by atoms with Gasteiger partial charge in [-0.1, -0.05) is 20.8 Å². The Labute approximate surface area is 87.3 Å². The Morgan fingerprint density at radius 1 is 1.07 bits per heavy atom. The molecule has 0 spiro atoms. The predicted molar refractivity (Wildman–Crippen MR) is 54.3 cm³/mol. The molecule has 4 heteroatoms. The van der Waals surface area contributed by atoms with Crippen molar-refractivity contribution in [3.05, 3.63) is 29.6 Å². The number of anilines is 1. The third-order valence-corrected chi connectivity index (χ3v) is 1.84. The molecule has 1 aromatic rings. The Balaban J connectivity index is 2.83. The molecule has 0 amide bonds. The summed E-state index contributed by atoms with van der Waals surface area (Å²) in [4.78, 5) is 0. The monoisotopic (exact) mass is 217 g/mol. The van der Waals surface area contributed by atoms with Gasteiger partial charge in [0.1, 0.15) is 0 Å². The zero-order chi connectivity index (χ0) is 11.6. The Morgan fingerprint density at radius 3 is 2.20 bits per heavy atom. The summed E-state index contributed by atoms with van der Waals surface area (Å²) in [6.07, 6.45) is 0. The van der Waals surface area contributed by atoms with Gasteiger partial charge in [0, 0.05) is 6.54 Å². The van der Waals surface area contributed by atoms with Gasteiger partial charge >= 0.3 is 0 Å². The number of hydrogen-bond acceptors (Lipinski definition) is 1. The van der Waals surface area contributed by atoms with Crippen LogP contribution < -0.4 is 5.32 Å². The van der Waals surface area contributed by atoms with Crippen LogP contribution in [0.3, 0.4) is 0 Å². The molecule has 0 radical (unpaired) electrons. The Bertz CT molecular complexity index is 356. The first-order valence-electron chi connectivity index (χ1n) is 4.68. The van der Waals surface area contributed by atoms with Gasteiger partial charge in [0.05, 0.1) is 5.69 Å². The largest absolute Gasteiger partial charge is 0.382 e. The van der Waals surface area contributed by atoms with E-state index in [1.54, 1.807) is 0 Å². The van der Waals surface area contributed by atoms with Crippen molar-refractivity contribution in [1.29, 1.82) is 0 Å². The molecule has 1 rings (SSSR count). The molecule has 84 valence electrons. The molecule has 0 aromatic heterocycles. The Hall–Kier alpha value is -1.19. The van der Waals surface area contributed by atoms with Crippen molar-refractivity contribution in [3.63, 3.8) is 0 Å². The van der Waals surface area contributed by atoms with Crippen molar-refractivity contribution in [2.45, 2.75) is 20.8 Å². The van der Waals surface area contributed by atoms with Crippen molar-refractivity contribution >= 4 is 5.69 Å². The maximum absolute atomic E-state index is 13.2. The molecule has 0 saturated heterocycles. The summed E-state index contributed by atoms with van der Waals surface area (Å²) >= 11 is 0.